The van der Waals surface area contributed by atoms with E-state index in [1.807, 2.05) is 30.3 Å². The van der Waals surface area contributed by atoms with Crippen LogP contribution in [-0.2, 0) is 11.3 Å². The molecule has 0 bridgehead atoms. The number of carbonyl (C=O) groups is 1. The summed E-state index contributed by atoms with van der Waals surface area (Å²) in [4.78, 5) is 11.9. The maximum Gasteiger partial charge on any atom is 0.340 e. The summed E-state index contributed by atoms with van der Waals surface area (Å²) in [6, 6.07) is 11.1. The summed E-state index contributed by atoms with van der Waals surface area (Å²) in [5.41, 5.74) is 2.22. The number of carbonyl (C=O) groups excluding carboxylic acids is 1. The van der Waals surface area contributed by atoms with Gasteiger partial charge in [-0.1, -0.05) is 39.7 Å². The number of ether oxygens (including phenoxy) is 1. The van der Waals surface area contributed by atoms with Crippen molar-refractivity contribution < 1.29 is 9.53 Å². The van der Waals surface area contributed by atoms with Gasteiger partial charge in [-0.05, 0) is 45.8 Å². The Morgan fingerprint density at radius 2 is 1.90 bits per heavy atom. The predicted octanol–water partition coefficient (Wildman–Crippen LogP) is 5.26. The zero-order valence-corrected chi connectivity index (χ0v) is 15.0. The van der Waals surface area contributed by atoms with Gasteiger partial charge in [0.2, 0.25) is 0 Å². The molecule has 21 heavy (non-hydrogen) atoms. The fourth-order valence-corrected chi connectivity index (χ4v) is 3.31. The smallest absolute Gasteiger partial charge is 0.340 e. The third-order valence-corrected chi connectivity index (χ3v) is 4.18. The number of methoxy groups -OCH3 is 1. The molecule has 0 fully saturated rings. The Balaban J connectivity index is 2.26. The molecular formula is C15H12Br2ClNO2. The largest absolute Gasteiger partial charge is 0.465 e. The van der Waals surface area contributed by atoms with Crippen LogP contribution in [0.15, 0.2) is 45.3 Å². The fourth-order valence-electron chi connectivity index (χ4n) is 1.82. The van der Waals surface area contributed by atoms with E-state index >= 15 is 0 Å². The minimum absolute atomic E-state index is 0.393. The molecule has 0 spiro atoms. The van der Waals surface area contributed by atoms with E-state index < -0.39 is 5.97 Å². The number of rotatable bonds is 4. The van der Waals surface area contributed by atoms with Gasteiger partial charge in [-0.15, -0.1) is 0 Å². The highest BCUT2D eigenvalue weighted by Gasteiger charge is 2.15. The van der Waals surface area contributed by atoms with Crippen LogP contribution >= 0.6 is 43.5 Å². The van der Waals surface area contributed by atoms with Gasteiger partial charge >= 0.3 is 5.97 Å². The van der Waals surface area contributed by atoms with Crippen LogP contribution in [0.25, 0.3) is 0 Å². The lowest BCUT2D eigenvalue weighted by atomic mass is 10.1. The Morgan fingerprint density at radius 1 is 1.24 bits per heavy atom. The van der Waals surface area contributed by atoms with Gasteiger partial charge in [0.25, 0.3) is 0 Å². The first kappa shape index (κ1) is 16.3. The summed E-state index contributed by atoms with van der Waals surface area (Å²) in [6.45, 7) is 0.571. The number of esters is 1. The van der Waals surface area contributed by atoms with Crippen molar-refractivity contribution >= 4 is 55.1 Å². The molecule has 0 saturated carbocycles. The van der Waals surface area contributed by atoms with Crippen LogP contribution in [0.1, 0.15) is 15.9 Å². The van der Waals surface area contributed by atoms with Crippen LogP contribution in [0.4, 0.5) is 5.69 Å². The number of benzene rings is 2. The molecule has 0 unspecified atom stereocenters. The van der Waals surface area contributed by atoms with Gasteiger partial charge in [-0.3, -0.25) is 0 Å². The lowest BCUT2D eigenvalue weighted by molar-refractivity contribution is 0.0601. The molecule has 0 aliphatic heterocycles. The minimum atomic E-state index is -0.393. The first-order chi connectivity index (χ1) is 10.0. The van der Waals surface area contributed by atoms with E-state index in [2.05, 4.69) is 37.2 Å². The van der Waals surface area contributed by atoms with Crippen molar-refractivity contribution in [3.63, 3.8) is 0 Å². The summed E-state index contributed by atoms with van der Waals surface area (Å²) in [6.07, 6.45) is 0. The zero-order valence-electron chi connectivity index (χ0n) is 11.1. The van der Waals surface area contributed by atoms with Crippen LogP contribution in [0.2, 0.25) is 5.02 Å². The number of anilines is 1. The molecular weight excluding hydrogens is 421 g/mol. The van der Waals surface area contributed by atoms with E-state index in [1.54, 1.807) is 6.07 Å². The second-order valence-corrected chi connectivity index (χ2v) is 6.49. The number of halogens is 3. The van der Waals surface area contributed by atoms with Gasteiger partial charge < -0.3 is 10.1 Å². The molecule has 0 amide bonds. The molecule has 0 aromatic heterocycles. The Morgan fingerprint density at radius 3 is 2.52 bits per heavy atom. The highest BCUT2D eigenvalue weighted by molar-refractivity contribution is 9.11. The molecule has 0 radical (unpaired) electrons. The molecule has 0 heterocycles. The van der Waals surface area contributed by atoms with Gasteiger partial charge in [0.05, 0.1) is 18.4 Å². The Bertz CT molecular complexity index is 659. The molecule has 0 saturated heterocycles. The Kier molecular flexibility index (Phi) is 5.67. The lowest BCUT2D eigenvalue weighted by Crippen LogP contribution is -2.09. The van der Waals surface area contributed by atoms with Crippen molar-refractivity contribution in [3.8, 4) is 0 Å². The van der Waals surface area contributed by atoms with Gasteiger partial charge in [-0.25, -0.2) is 4.79 Å². The molecule has 110 valence electrons. The second-order valence-electron chi connectivity index (χ2n) is 4.28. The first-order valence-corrected chi connectivity index (χ1v) is 8.03. The normalized spacial score (nSPS) is 10.3. The van der Waals surface area contributed by atoms with Crippen LogP contribution in [0.3, 0.4) is 0 Å². The number of hydrogen-bond acceptors (Lipinski definition) is 3. The van der Waals surface area contributed by atoms with Crippen molar-refractivity contribution in [1.82, 2.24) is 0 Å². The van der Waals surface area contributed by atoms with E-state index in [9.17, 15) is 4.79 Å². The van der Waals surface area contributed by atoms with Crippen LogP contribution in [0.5, 0.6) is 0 Å². The highest BCUT2D eigenvalue weighted by atomic mass is 79.9. The molecule has 0 aliphatic rings. The van der Waals surface area contributed by atoms with E-state index in [-0.39, 0.29) is 0 Å². The van der Waals surface area contributed by atoms with Gasteiger partial charge in [0, 0.05) is 20.5 Å². The van der Waals surface area contributed by atoms with Crippen molar-refractivity contribution in [2.75, 3.05) is 12.4 Å². The van der Waals surface area contributed by atoms with Crippen molar-refractivity contribution in [1.29, 1.82) is 0 Å². The van der Waals surface area contributed by atoms with Crippen LogP contribution in [-0.4, -0.2) is 13.1 Å². The third kappa shape index (κ3) is 4.22. The molecule has 2 rings (SSSR count). The van der Waals surface area contributed by atoms with Crippen LogP contribution < -0.4 is 5.32 Å². The number of hydrogen-bond donors (Lipinski definition) is 1. The average molecular weight is 434 g/mol. The SMILES string of the molecule is COC(=O)c1cc(Br)cc(Br)c1NCc1ccc(Cl)cc1. The summed E-state index contributed by atoms with van der Waals surface area (Å²) in [5.74, 6) is -0.393. The summed E-state index contributed by atoms with van der Waals surface area (Å²) in [5, 5.41) is 3.94. The molecule has 2 aromatic carbocycles. The standard InChI is InChI=1S/C15H12Br2ClNO2/c1-21-15(20)12-6-10(16)7-13(17)14(12)19-8-9-2-4-11(18)5-3-9/h2-7,19H,8H2,1H3. The van der Waals surface area contributed by atoms with Crippen LogP contribution in [0, 0.1) is 0 Å². The van der Waals surface area contributed by atoms with Crippen molar-refractivity contribution in [2.24, 2.45) is 0 Å². The minimum Gasteiger partial charge on any atom is -0.465 e. The van der Waals surface area contributed by atoms with E-state index in [1.165, 1.54) is 7.11 Å². The van der Waals surface area contributed by atoms with Crippen molar-refractivity contribution in [2.45, 2.75) is 6.54 Å². The quantitative estimate of drug-likeness (QED) is 0.668. The summed E-state index contributed by atoms with van der Waals surface area (Å²) >= 11 is 12.7. The molecule has 3 nitrogen and oxygen atoms in total. The molecule has 0 aliphatic carbocycles. The molecule has 1 N–H and O–H groups in total. The summed E-state index contributed by atoms with van der Waals surface area (Å²) in [7, 11) is 1.36. The van der Waals surface area contributed by atoms with Gasteiger partial charge in [-0.2, -0.15) is 0 Å². The zero-order chi connectivity index (χ0) is 15.4. The molecule has 2 aromatic rings. The van der Waals surface area contributed by atoms with E-state index in [0.717, 1.165) is 14.5 Å². The third-order valence-electron chi connectivity index (χ3n) is 2.84. The number of nitrogens with one attached hydrogen (secondary N) is 1. The van der Waals surface area contributed by atoms with Gasteiger partial charge in [0.1, 0.15) is 0 Å². The topological polar surface area (TPSA) is 38.3 Å². The van der Waals surface area contributed by atoms with E-state index in [4.69, 9.17) is 16.3 Å². The maximum atomic E-state index is 11.9. The van der Waals surface area contributed by atoms with Gasteiger partial charge in [0.15, 0.2) is 0 Å². The maximum absolute atomic E-state index is 11.9. The molecule has 6 heteroatoms. The Hall–Kier alpha value is -1.04. The second kappa shape index (κ2) is 7.29. The van der Waals surface area contributed by atoms with Crippen molar-refractivity contribution in [3.05, 3.63) is 61.5 Å². The molecule has 0 atom stereocenters. The average Bonchev–Trinajstić information content (AvgIpc) is 2.46. The summed E-state index contributed by atoms with van der Waals surface area (Å²) < 4.78 is 6.40. The van der Waals surface area contributed by atoms with E-state index in [0.29, 0.717) is 22.8 Å². The lowest BCUT2D eigenvalue weighted by Gasteiger charge is -2.13. The first-order valence-electron chi connectivity index (χ1n) is 6.07. The fraction of sp³-hybridized carbons (Fsp3) is 0.133. The Labute approximate surface area is 144 Å². The predicted molar refractivity (Wildman–Crippen MR) is 92.0 cm³/mol. The monoisotopic (exact) mass is 431 g/mol. The highest BCUT2D eigenvalue weighted by Crippen LogP contribution is 2.31.